The van der Waals surface area contributed by atoms with Gasteiger partial charge < -0.3 is 20.5 Å². The first-order valence-electron chi connectivity index (χ1n) is 4.75. The molecule has 1 heterocycles. The van der Waals surface area contributed by atoms with Crippen LogP contribution < -0.4 is 5.32 Å². The Hall–Kier alpha value is -0.740. The van der Waals surface area contributed by atoms with Crippen LogP contribution >= 0.6 is 22.6 Å². The molecule has 90 valence electrons. The van der Waals surface area contributed by atoms with Crippen molar-refractivity contribution in [3.05, 3.63) is 22.5 Å². The predicted octanol–water partition coefficient (Wildman–Crippen LogP) is 0.177. The van der Waals surface area contributed by atoms with Crippen LogP contribution in [0.2, 0.25) is 0 Å². The van der Waals surface area contributed by atoms with E-state index in [4.69, 9.17) is 0 Å². The molecule has 0 bridgehead atoms. The van der Waals surface area contributed by atoms with E-state index in [1.165, 1.54) is 17.0 Å². The van der Waals surface area contributed by atoms with Crippen LogP contribution in [0, 0.1) is 10.1 Å². The molecule has 0 saturated heterocycles. The number of nitro groups is 1. The highest BCUT2D eigenvalue weighted by Crippen LogP contribution is 2.07. The minimum Gasteiger partial charge on any atom is -0.390 e. The van der Waals surface area contributed by atoms with E-state index in [2.05, 4.69) is 32.9 Å². The van der Waals surface area contributed by atoms with E-state index in [0.29, 0.717) is 6.54 Å². The Morgan fingerprint density at radius 3 is 3.12 bits per heavy atom. The fourth-order valence-electron chi connectivity index (χ4n) is 1.24. The lowest BCUT2D eigenvalue weighted by atomic mass is 10.3. The van der Waals surface area contributed by atoms with Crippen molar-refractivity contribution in [3.63, 3.8) is 0 Å². The normalized spacial score (nSPS) is 12.6. The summed E-state index contributed by atoms with van der Waals surface area (Å²) in [5, 5.41) is 23.2. The molecule has 0 amide bonds. The summed E-state index contributed by atoms with van der Waals surface area (Å²) in [5.41, 5.74) is 0. The molecule has 0 radical (unpaired) electrons. The number of rotatable bonds is 7. The zero-order valence-corrected chi connectivity index (χ0v) is 10.7. The standard InChI is InChI=1S/C8H13IN4O3/c9-1-2-10-5-7(14)6-12-4-3-11-8(12)13(15)16/h3-4,7,10,14H,1-2,5-6H2. The number of halogens is 1. The number of aliphatic hydroxyl groups excluding tert-OH is 1. The maximum Gasteiger partial charge on any atom is 0.434 e. The highest BCUT2D eigenvalue weighted by molar-refractivity contribution is 14.1. The van der Waals surface area contributed by atoms with Gasteiger partial charge in [-0.25, -0.2) is 4.57 Å². The molecule has 0 aromatic carbocycles. The Bertz CT molecular complexity index is 344. The van der Waals surface area contributed by atoms with Crippen LogP contribution in [0.5, 0.6) is 0 Å². The van der Waals surface area contributed by atoms with Gasteiger partial charge in [-0.15, -0.1) is 0 Å². The van der Waals surface area contributed by atoms with Gasteiger partial charge in [0.05, 0.1) is 12.6 Å². The third-order valence-corrected chi connectivity index (χ3v) is 2.45. The fraction of sp³-hybridized carbons (Fsp3) is 0.625. The lowest BCUT2D eigenvalue weighted by Crippen LogP contribution is -2.31. The Kier molecular flexibility index (Phi) is 5.63. The van der Waals surface area contributed by atoms with Gasteiger partial charge in [-0.3, -0.25) is 0 Å². The van der Waals surface area contributed by atoms with Gasteiger partial charge in [-0.05, 0) is 4.92 Å². The molecule has 1 atom stereocenters. The molecule has 16 heavy (non-hydrogen) atoms. The summed E-state index contributed by atoms with van der Waals surface area (Å²) in [6.07, 6.45) is 2.18. The van der Waals surface area contributed by atoms with Crippen LogP contribution in [0.15, 0.2) is 12.4 Å². The summed E-state index contributed by atoms with van der Waals surface area (Å²) in [5.74, 6) is -0.243. The summed E-state index contributed by atoms with van der Waals surface area (Å²) in [4.78, 5) is 13.6. The third-order valence-electron chi connectivity index (χ3n) is 1.92. The van der Waals surface area contributed by atoms with Gasteiger partial charge >= 0.3 is 5.95 Å². The van der Waals surface area contributed by atoms with Gasteiger partial charge in [-0.2, -0.15) is 0 Å². The van der Waals surface area contributed by atoms with Crippen LogP contribution in [0.1, 0.15) is 0 Å². The van der Waals surface area contributed by atoms with E-state index in [1.54, 1.807) is 0 Å². The second-order valence-corrected chi connectivity index (χ2v) is 4.26. The Morgan fingerprint density at radius 1 is 1.75 bits per heavy atom. The Morgan fingerprint density at radius 2 is 2.50 bits per heavy atom. The number of nitrogens with zero attached hydrogens (tertiary/aromatic N) is 3. The minimum absolute atomic E-state index is 0.171. The van der Waals surface area contributed by atoms with Crippen molar-refractivity contribution in [2.75, 3.05) is 17.5 Å². The second kappa shape index (κ2) is 6.76. The number of aliphatic hydroxyl groups is 1. The van der Waals surface area contributed by atoms with E-state index in [1.807, 2.05) is 0 Å². The SMILES string of the molecule is O=[N+]([O-])c1nccn1CC(O)CNCCI. The van der Waals surface area contributed by atoms with Crippen LogP contribution in [0.3, 0.4) is 0 Å². The smallest absolute Gasteiger partial charge is 0.390 e. The first kappa shape index (κ1) is 13.3. The molecule has 0 aliphatic rings. The summed E-state index contributed by atoms with van der Waals surface area (Å²) >= 11 is 2.22. The molecule has 0 fully saturated rings. The summed E-state index contributed by atoms with van der Waals surface area (Å²) in [7, 11) is 0. The van der Waals surface area contributed by atoms with Gasteiger partial charge in [-0.1, -0.05) is 27.6 Å². The Balaban J connectivity index is 2.46. The van der Waals surface area contributed by atoms with E-state index < -0.39 is 11.0 Å². The summed E-state index contributed by atoms with van der Waals surface area (Å²) in [6, 6.07) is 0. The molecule has 2 N–H and O–H groups in total. The first-order valence-corrected chi connectivity index (χ1v) is 6.28. The highest BCUT2D eigenvalue weighted by atomic mass is 127. The minimum atomic E-state index is -0.657. The fourth-order valence-corrected chi connectivity index (χ4v) is 1.62. The van der Waals surface area contributed by atoms with Gasteiger partial charge in [0.1, 0.15) is 12.4 Å². The maximum absolute atomic E-state index is 10.5. The molecule has 1 rings (SSSR count). The number of hydrogen-bond donors (Lipinski definition) is 2. The third kappa shape index (κ3) is 4.02. The van der Waals surface area contributed by atoms with Crippen molar-refractivity contribution in [3.8, 4) is 0 Å². The summed E-state index contributed by atoms with van der Waals surface area (Å²) in [6.45, 7) is 1.40. The molecule has 7 nitrogen and oxygen atoms in total. The van der Waals surface area contributed by atoms with Crippen molar-refractivity contribution in [1.29, 1.82) is 0 Å². The number of imidazole rings is 1. The molecule has 0 aliphatic heterocycles. The van der Waals surface area contributed by atoms with Crippen molar-refractivity contribution in [2.45, 2.75) is 12.6 Å². The largest absolute Gasteiger partial charge is 0.434 e. The van der Waals surface area contributed by atoms with Crippen LogP contribution in [-0.4, -0.2) is 43.2 Å². The average molecular weight is 340 g/mol. The van der Waals surface area contributed by atoms with Crippen molar-refractivity contribution in [2.24, 2.45) is 0 Å². The van der Waals surface area contributed by atoms with Crippen molar-refractivity contribution >= 4 is 28.5 Å². The van der Waals surface area contributed by atoms with Gasteiger partial charge in [0.25, 0.3) is 0 Å². The van der Waals surface area contributed by atoms with E-state index in [-0.39, 0.29) is 12.5 Å². The number of hydrogen-bond acceptors (Lipinski definition) is 5. The van der Waals surface area contributed by atoms with Gasteiger partial charge in [0, 0.05) is 17.5 Å². The van der Waals surface area contributed by atoms with E-state index in [9.17, 15) is 15.2 Å². The van der Waals surface area contributed by atoms with Crippen molar-refractivity contribution < 1.29 is 10.0 Å². The lowest BCUT2D eigenvalue weighted by molar-refractivity contribution is -0.397. The van der Waals surface area contributed by atoms with Gasteiger partial charge in [0.2, 0.25) is 0 Å². The number of nitrogens with one attached hydrogen (secondary N) is 1. The average Bonchev–Trinajstić information content (AvgIpc) is 2.66. The monoisotopic (exact) mass is 340 g/mol. The molecular weight excluding hydrogens is 327 g/mol. The quantitative estimate of drug-likeness (QED) is 0.243. The second-order valence-electron chi connectivity index (χ2n) is 3.18. The zero-order chi connectivity index (χ0) is 12.0. The van der Waals surface area contributed by atoms with Crippen LogP contribution in [0.4, 0.5) is 5.95 Å². The topological polar surface area (TPSA) is 93.2 Å². The van der Waals surface area contributed by atoms with E-state index >= 15 is 0 Å². The zero-order valence-electron chi connectivity index (χ0n) is 8.54. The molecule has 1 aromatic heterocycles. The van der Waals surface area contributed by atoms with Crippen LogP contribution in [0.25, 0.3) is 0 Å². The van der Waals surface area contributed by atoms with Gasteiger partial charge in [0.15, 0.2) is 0 Å². The number of alkyl halides is 1. The molecular formula is C8H13IN4O3. The van der Waals surface area contributed by atoms with Crippen LogP contribution in [-0.2, 0) is 6.54 Å². The first-order chi connectivity index (χ1) is 7.65. The molecule has 1 aromatic rings. The Labute approximate surface area is 106 Å². The molecule has 8 heteroatoms. The van der Waals surface area contributed by atoms with Crippen molar-refractivity contribution in [1.82, 2.24) is 14.9 Å². The van der Waals surface area contributed by atoms with E-state index in [0.717, 1.165) is 11.0 Å². The predicted molar refractivity (Wildman–Crippen MR) is 66.6 cm³/mol. The molecule has 0 spiro atoms. The summed E-state index contributed by atoms with van der Waals surface area (Å²) < 4.78 is 2.28. The maximum atomic E-state index is 10.5. The lowest BCUT2D eigenvalue weighted by Gasteiger charge is -2.10. The highest BCUT2D eigenvalue weighted by Gasteiger charge is 2.16. The number of aromatic nitrogens is 2. The molecule has 1 unspecified atom stereocenters. The molecule has 0 saturated carbocycles. The molecule has 0 aliphatic carbocycles.